The fourth-order valence-electron chi connectivity index (χ4n) is 3.00. The van der Waals surface area contributed by atoms with Crippen molar-refractivity contribution < 1.29 is 9.53 Å². The van der Waals surface area contributed by atoms with E-state index in [4.69, 9.17) is 4.74 Å². The molecule has 0 radical (unpaired) electrons. The van der Waals surface area contributed by atoms with Gasteiger partial charge in [0.15, 0.2) is 0 Å². The monoisotopic (exact) mass is 401 g/mol. The molecule has 2 heterocycles. The summed E-state index contributed by atoms with van der Waals surface area (Å²) in [6, 6.07) is 15.3. The lowest BCUT2D eigenvalue weighted by molar-refractivity contribution is -0.139. The summed E-state index contributed by atoms with van der Waals surface area (Å²) < 4.78 is 6.87. The van der Waals surface area contributed by atoms with Crippen LogP contribution in [0.4, 0.5) is 0 Å². The number of nitrogens with one attached hydrogen (secondary N) is 1. The Morgan fingerprint density at radius 2 is 2.00 bits per heavy atom. The maximum Gasteiger partial charge on any atom is 0.331 e. The van der Waals surface area contributed by atoms with Crippen LogP contribution in [-0.4, -0.2) is 30.9 Å². The van der Waals surface area contributed by atoms with Crippen molar-refractivity contribution in [3.05, 3.63) is 93.8 Å². The van der Waals surface area contributed by atoms with Crippen molar-refractivity contribution in [3.63, 3.8) is 0 Å². The Bertz CT molecular complexity index is 1270. The Balaban J connectivity index is 1.37. The third kappa shape index (κ3) is 4.49. The van der Waals surface area contributed by atoms with Crippen LogP contribution in [0.2, 0.25) is 0 Å². The number of rotatable bonds is 6. The number of para-hydroxylation sites is 1. The highest BCUT2D eigenvalue weighted by Gasteiger charge is 2.08. The van der Waals surface area contributed by atoms with Crippen molar-refractivity contribution in [2.24, 2.45) is 0 Å². The highest BCUT2D eigenvalue weighted by molar-refractivity contribution is 5.86. The Labute approximate surface area is 171 Å². The summed E-state index contributed by atoms with van der Waals surface area (Å²) in [5.41, 5.74) is 2.85. The van der Waals surface area contributed by atoms with Crippen LogP contribution < -0.4 is 5.56 Å². The standard InChI is InChI=1S/C22H19N5O3/c1-15-6-5-9-18-21(15)23-19(24-22(18)29)14-30-20(28)11-10-17-13-27(26-25-17)12-16-7-3-2-4-8-16/h2-11,13H,12,14H2,1H3,(H,23,24,29)/b11-10+. The summed E-state index contributed by atoms with van der Waals surface area (Å²) in [5.74, 6) is -0.280. The predicted octanol–water partition coefficient (Wildman–Crippen LogP) is 2.63. The Morgan fingerprint density at radius 3 is 2.83 bits per heavy atom. The van der Waals surface area contributed by atoms with Crippen LogP contribution in [0.15, 0.2) is 65.6 Å². The first kappa shape index (κ1) is 19.3. The third-order valence-corrected chi connectivity index (χ3v) is 4.47. The second-order valence-electron chi connectivity index (χ2n) is 6.75. The van der Waals surface area contributed by atoms with E-state index in [1.165, 1.54) is 12.2 Å². The summed E-state index contributed by atoms with van der Waals surface area (Å²) in [6.07, 6.45) is 4.53. The lowest BCUT2D eigenvalue weighted by Gasteiger charge is -2.05. The average molecular weight is 401 g/mol. The zero-order valence-corrected chi connectivity index (χ0v) is 16.3. The summed E-state index contributed by atoms with van der Waals surface area (Å²) in [5, 5.41) is 8.56. The summed E-state index contributed by atoms with van der Waals surface area (Å²) in [6.45, 7) is 2.33. The number of carbonyl (C=O) groups is 1. The number of H-pyrrole nitrogens is 1. The van der Waals surface area contributed by atoms with E-state index < -0.39 is 5.97 Å². The van der Waals surface area contributed by atoms with E-state index >= 15 is 0 Å². The number of hydrogen-bond donors (Lipinski definition) is 1. The van der Waals surface area contributed by atoms with Gasteiger partial charge in [-0.25, -0.2) is 14.5 Å². The van der Waals surface area contributed by atoms with Crippen molar-refractivity contribution in [2.45, 2.75) is 20.1 Å². The van der Waals surface area contributed by atoms with Crippen LogP contribution in [0, 0.1) is 6.92 Å². The molecule has 2 aromatic carbocycles. The van der Waals surface area contributed by atoms with E-state index in [1.54, 1.807) is 23.0 Å². The highest BCUT2D eigenvalue weighted by atomic mass is 16.5. The predicted molar refractivity (Wildman–Crippen MR) is 111 cm³/mol. The van der Waals surface area contributed by atoms with Crippen LogP contribution in [0.1, 0.15) is 22.6 Å². The molecule has 8 heteroatoms. The molecule has 0 saturated carbocycles. The third-order valence-electron chi connectivity index (χ3n) is 4.47. The fourth-order valence-corrected chi connectivity index (χ4v) is 3.00. The number of benzene rings is 2. The van der Waals surface area contributed by atoms with Crippen LogP contribution in [0.25, 0.3) is 17.0 Å². The van der Waals surface area contributed by atoms with Crippen LogP contribution in [0.5, 0.6) is 0 Å². The molecule has 0 unspecified atom stereocenters. The molecule has 8 nitrogen and oxygen atoms in total. The molecule has 0 saturated heterocycles. The zero-order chi connectivity index (χ0) is 20.9. The number of aryl methyl sites for hydroxylation is 1. The molecular formula is C22H19N5O3. The van der Waals surface area contributed by atoms with Crippen LogP contribution >= 0.6 is 0 Å². The number of ether oxygens (including phenoxy) is 1. The number of esters is 1. The Kier molecular flexibility index (Phi) is 5.47. The second-order valence-corrected chi connectivity index (χ2v) is 6.75. The van der Waals surface area contributed by atoms with E-state index in [1.807, 2.05) is 43.3 Å². The number of nitrogens with zero attached hydrogens (tertiary/aromatic N) is 4. The lowest BCUT2D eigenvalue weighted by atomic mass is 10.1. The highest BCUT2D eigenvalue weighted by Crippen LogP contribution is 2.12. The molecular weight excluding hydrogens is 382 g/mol. The van der Waals surface area contributed by atoms with Crippen molar-refractivity contribution in [1.82, 2.24) is 25.0 Å². The van der Waals surface area contributed by atoms with E-state index in [0.29, 0.717) is 23.1 Å². The van der Waals surface area contributed by atoms with Gasteiger partial charge in [-0.1, -0.05) is 47.7 Å². The molecule has 2 aromatic heterocycles. The minimum Gasteiger partial charge on any atom is -0.454 e. The van der Waals surface area contributed by atoms with Crippen LogP contribution in [0.3, 0.4) is 0 Å². The summed E-state index contributed by atoms with van der Waals surface area (Å²) in [7, 11) is 0. The molecule has 4 rings (SSSR count). The zero-order valence-electron chi connectivity index (χ0n) is 16.3. The van der Waals surface area contributed by atoms with E-state index in [-0.39, 0.29) is 18.0 Å². The maximum absolute atomic E-state index is 12.2. The van der Waals surface area contributed by atoms with E-state index in [2.05, 4.69) is 20.3 Å². The number of aromatic nitrogens is 5. The minimum atomic E-state index is -0.569. The first-order valence-corrected chi connectivity index (χ1v) is 9.36. The first-order valence-electron chi connectivity index (χ1n) is 9.36. The summed E-state index contributed by atoms with van der Waals surface area (Å²) >= 11 is 0. The second kappa shape index (κ2) is 8.52. The first-order chi connectivity index (χ1) is 14.6. The number of carbonyl (C=O) groups excluding carboxylic acids is 1. The molecule has 0 bridgehead atoms. The quantitative estimate of drug-likeness (QED) is 0.394. The molecule has 0 spiro atoms. The maximum atomic E-state index is 12.2. The summed E-state index contributed by atoms with van der Waals surface area (Å²) in [4.78, 5) is 31.2. The van der Waals surface area contributed by atoms with Gasteiger partial charge < -0.3 is 9.72 Å². The molecule has 30 heavy (non-hydrogen) atoms. The SMILES string of the molecule is Cc1cccc2c(=O)[nH]c(COC(=O)/C=C/c3cn(Cc4ccccc4)nn3)nc12. The van der Waals surface area contributed by atoms with Gasteiger partial charge in [0.2, 0.25) is 0 Å². The molecule has 0 aliphatic rings. The molecule has 0 amide bonds. The molecule has 0 fully saturated rings. The largest absolute Gasteiger partial charge is 0.454 e. The smallest absolute Gasteiger partial charge is 0.331 e. The molecule has 1 N–H and O–H groups in total. The molecule has 150 valence electrons. The van der Waals surface area contributed by atoms with Gasteiger partial charge in [-0.2, -0.15) is 0 Å². The minimum absolute atomic E-state index is 0.136. The van der Waals surface area contributed by atoms with Gasteiger partial charge in [-0.3, -0.25) is 4.79 Å². The van der Waals surface area contributed by atoms with Gasteiger partial charge >= 0.3 is 5.97 Å². The van der Waals surface area contributed by atoms with Crippen LogP contribution in [-0.2, 0) is 22.7 Å². The van der Waals surface area contributed by atoms with Gasteiger partial charge in [-0.05, 0) is 30.2 Å². The van der Waals surface area contributed by atoms with Gasteiger partial charge in [0, 0.05) is 6.08 Å². The normalized spacial score (nSPS) is 11.2. The topological polar surface area (TPSA) is 103 Å². The molecule has 0 aliphatic heterocycles. The number of aromatic amines is 1. The van der Waals surface area contributed by atoms with Crippen molar-refractivity contribution in [1.29, 1.82) is 0 Å². The average Bonchev–Trinajstić information content (AvgIpc) is 3.19. The number of fused-ring (bicyclic) bond motifs is 1. The van der Waals surface area contributed by atoms with Gasteiger partial charge in [-0.15, -0.1) is 5.10 Å². The van der Waals surface area contributed by atoms with Crippen molar-refractivity contribution >= 4 is 22.9 Å². The van der Waals surface area contributed by atoms with E-state index in [9.17, 15) is 9.59 Å². The Morgan fingerprint density at radius 1 is 1.17 bits per heavy atom. The molecule has 0 aliphatic carbocycles. The van der Waals surface area contributed by atoms with Gasteiger partial charge in [0.05, 0.1) is 23.6 Å². The Hall–Kier alpha value is -4.07. The number of hydrogen-bond acceptors (Lipinski definition) is 6. The lowest BCUT2D eigenvalue weighted by Crippen LogP contribution is -2.14. The van der Waals surface area contributed by atoms with Crippen molar-refractivity contribution in [2.75, 3.05) is 0 Å². The van der Waals surface area contributed by atoms with E-state index in [0.717, 1.165) is 11.1 Å². The molecule has 4 aromatic rings. The van der Waals surface area contributed by atoms with Crippen molar-refractivity contribution in [3.8, 4) is 0 Å². The molecule has 0 atom stereocenters. The van der Waals surface area contributed by atoms with Gasteiger partial charge in [0.25, 0.3) is 5.56 Å². The van der Waals surface area contributed by atoms with Gasteiger partial charge in [0.1, 0.15) is 18.1 Å². The fraction of sp³-hybridized carbons (Fsp3) is 0.136.